The summed E-state index contributed by atoms with van der Waals surface area (Å²) < 4.78 is 0. The second-order valence-corrected chi connectivity index (χ2v) is 6.18. The van der Waals surface area contributed by atoms with E-state index in [2.05, 4.69) is 19.1 Å². The quantitative estimate of drug-likeness (QED) is 0.856. The van der Waals surface area contributed by atoms with Gasteiger partial charge >= 0.3 is 0 Å². The first-order valence-electron chi connectivity index (χ1n) is 7.14. The van der Waals surface area contributed by atoms with E-state index in [0.29, 0.717) is 12.5 Å². The number of hydrogen-bond acceptors (Lipinski definition) is 2. The van der Waals surface area contributed by atoms with E-state index >= 15 is 0 Å². The lowest BCUT2D eigenvalue weighted by Gasteiger charge is -2.28. The van der Waals surface area contributed by atoms with Crippen LogP contribution in [-0.2, 0) is 0 Å². The Morgan fingerprint density at radius 1 is 1.22 bits per heavy atom. The summed E-state index contributed by atoms with van der Waals surface area (Å²) in [7, 11) is 0. The highest BCUT2D eigenvalue weighted by Gasteiger charge is 2.48. The normalized spacial score (nSPS) is 32.9. The molecular formula is C16H23NO. The second kappa shape index (κ2) is 4.67. The number of benzene rings is 1. The summed E-state index contributed by atoms with van der Waals surface area (Å²) in [4.78, 5) is 0. The van der Waals surface area contributed by atoms with Gasteiger partial charge in [-0.05, 0) is 55.1 Å². The van der Waals surface area contributed by atoms with Crippen LogP contribution >= 0.6 is 0 Å². The zero-order chi connectivity index (χ0) is 12.7. The fourth-order valence-corrected chi connectivity index (χ4v) is 3.82. The number of aliphatic hydroxyl groups excluding tert-OH is 1. The van der Waals surface area contributed by atoms with Crippen molar-refractivity contribution in [1.82, 2.24) is 0 Å². The van der Waals surface area contributed by atoms with E-state index in [0.717, 1.165) is 11.8 Å². The van der Waals surface area contributed by atoms with Gasteiger partial charge in [-0.2, -0.15) is 0 Å². The molecule has 0 bridgehead atoms. The molecule has 1 aromatic rings. The van der Waals surface area contributed by atoms with Crippen molar-refractivity contribution in [1.29, 1.82) is 0 Å². The van der Waals surface area contributed by atoms with Crippen LogP contribution in [0, 0.1) is 24.7 Å². The minimum absolute atomic E-state index is 0.105. The Labute approximate surface area is 109 Å². The number of hydrogen-bond donors (Lipinski definition) is 2. The van der Waals surface area contributed by atoms with Crippen LogP contribution in [0.5, 0.6) is 0 Å². The molecule has 98 valence electrons. The van der Waals surface area contributed by atoms with Crippen LogP contribution in [0.3, 0.4) is 0 Å². The summed E-state index contributed by atoms with van der Waals surface area (Å²) in [6, 6.07) is 8.32. The summed E-state index contributed by atoms with van der Waals surface area (Å²) in [5.74, 6) is 2.41. The predicted octanol–water partition coefficient (Wildman–Crippen LogP) is 2.44. The van der Waals surface area contributed by atoms with Crippen molar-refractivity contribution in [3.8, 4) is 0 Å². The molecule has 2 saturated carbocycles. The van der Waals surface area contributed by atoms with Crippen molar-refractivity contribution in [2.75, 3.05) is 6.54 Å². The van der Waals surface area contributed by atoms with Crippen LogP contribution in [0.4, 0.5) is 0 Å². The maximum Gasteiger partial charge on any atom is 0.0649 e. The average molecular weight is 245 g/mol. The highest BCUT2D eigenvalue weighted by molar-refractivity contribution is 5.30. The Hall–Kier alpha value is -0.860. The Morgan fingerprint density at radius 3 is 2.50 bits per heavy atom. The highest BCUT2D eigenvalue weighted by atomic mass is 16.3. The van der Waals surface area contributed by atoms with Crippen molar-refractivity contribution in [2.45, 2.75) is 38.2 Å². The lowest BCUT2D eigenvalue weighted by molar-refractivity contribution is 0.0788. The fraction of sp³-hybridized carbons (Fsp3) is 0.625. The van der Waals surface area contributed by atoms with Gasteiger partial charge in [0.05, 0.1) is 6.10 Å². The Kier molecular flexibility index (Phi) is 3.16. The summed E-state index contributed by atoms with van der Waals surface area (Å²) >= 11 is 0. The van der Waals surface area contributed by atoms with E-state index in [1.807, 2.05) is 12.1 Å². The van der Waals surface area contributed by atoms with E-state index in [-0.39, 0.29) is 12.0 Å². The van der Waals surface area contributed by atoms with Gasteiger partial charge < -0.3 is 10.8 Å². The highest BCUT2D eigenvalue weighted by Crippen LogP contribution is 2.56. The van der Waals surface area contributed by atoms with Gasteiger partial charge in [-0.3, -0.25) is 0 Å². The number of fused-ring (bicyclic) bond motifs is 1. The molecule has 0 aliphatic heterocycles. The van der Waals surface area contributed by atoms with Crippen molar-refractivity contribution in [2.24, 2.45) is 23.5 Å². The molecule has 0 spiro atoms. The predicted molar refractivity (Wildman–Crippen MR) is 73.3 cm³/mol. The van der Waals surface area contributed by atoms with Crippen LogP contribution in [0.15, 0.2) is 24.3 Å². The number of rotatable bonds is 4. The topological polar surface area (TPSA) is 46.2 Å². The minimum Gasteiger partial charge on any atom is -0.392 e. The molecule has 2 aliphatic rings. The monoisotopic (exact) mass is 245 g/mol. The molecule has 0 heterocycles. The van der Waals surface area contributed by atoms with Crippen LogP contribution in [0.2, 0.25) is 0 Å². The van der Waals surface area contributed by atoms with Gasteiger partial charge in [-0.1, -0.05) is 24.3 Å². The SMILES string of the molecule is Cc1ccccc1C(CN)C(O)C1CC2CC2C1. The third-order valence-electron chi connectivity index (χ3n) is 5.02. The molecule has 1 aromatic carbocycles. The molecule has 2 nitrogen and oxygen atoms in total. The average Bonchev–Trinajstić information content (AvgIpc) is 2.99. The Balaban J connectivity index is 1.77. The van der Waals surface area contributed by atoms with E-state index in [4.69, 9.17) is 5.73 Å². The van der Waals surface area contributed by atoms with Crippen LogP contribution < -0.4 is 5.73 Å². The molecule has 2 aliphatic carbocycles. The fourth-order valence-electron chi connectivity index (χ4n) is 3.82. The van der Waals surface area contributed by atoms with Gasteiger partial charge in [0.25, 0.3) is 0 Å². The summed E-state index contributed by atoms with van der Waals surface area (Å²) in [6.07, 6.45) is 3.58. The number of aliphatic hydroxyl groups is 1. The lowest BCUT2D eigenvalue weighted by Crippen LogP contribution is -2.32. The molecule has 2 fully saturated rings. The molecule has 4 unspecified atom stereocenters. The van der Waals surface area contributed by atoms with Crippen molar-refractivity contribution in [3.63, 3.8) is 0 Å². The molecule has 0 amide bonds. The molecule has 2 heteroatoms. The summed E-state index contributed by atoms with van der Waals surface area (Å²) in [6.45, 7) is 2.65. The third-order valence-corrected chi connectivity index (χ3v) is 5.02. The number of aryl methyl sites for hydroxylation is 1. The smallest absolute Gasteiger partial charge is 0.0649 e. The summed E-state index contributed by atoms with van der Waals surface area (Å²) in [5, 5.41) is 10.6. The molecule has 3 rings (SSSR count). The van der Waals surface area contributed by atoms with Gasteiger partial charge in [0.15, 0.2) is 0 Å². The standard InChI is InChI=1S/C16H23NO/c1-10-4-2-3-5-14(10)15(9-17)16(18)13-7-11-6-12(11)8-13/h2-5,11-13,15-16,18H,6-9,17H2,1H3. The maximum absolute atomic E-state index is 10.6. The van der Waals surface area contributed by atoms with Crippen LogP contribution in [0.1, 0.15) is 36.3 Å². The zero-order valence-corrected chi connectivity index (χ0v) is 11.0. The van der Waals surface area contributed by atoms with E-state index in [1.165, 1.54) is 30.4 Å². The molecule has 4 atom stereocenters. The summed E-state index contributed by atoms with van der Waals surface area (Å²) in [5.41, 5.74) is 8.40. The van der Waals surface area contributed by atoms with Gasteiger partial charge in [-0.25, -0.2) is 0 Å². The molecule has 0 saturated heterocycles. The molecule has 0 radical (unpaired) electrons. The van der Waals surface area contributed by atoms with Crippen molar-refractivity contribution < 1.29 is 5.11 Å². The van der Waals surface area contributed by atoms with Crippen molar-refractivity contribution >= 4 is 0 Å². The molecule has 18 heavy (non-hydrogen) atoms. The second-order valence-electron chi connectivity index (χ2n) is 6.18. The largest absolute Gasteiger partial charge is 0.392 e. The van der Waals surface area contributed by atoms with Gasteiger partial charge in [-0.15, -0.1) is 0 Å². The number of nitrogens with two attached hydrogens (primary N) is 1. The van der Waals surface area contributed by atoms with Gasteiger partial charge in [0.1, 0.15) is 0 Å². The lowest BCUT2D eigenvalue weighted by atomic mass is 9.82. The molecular weight excluding hydrogens is 222 g/mol. The van der Waals surface area contributed by atoms with Gasteiger partial charge in [0.2, 0.25) is 0 Å². The zero-order valence-electron chi connectivity index (χ0n) is 11.0. The van der Waals surface area contributed by atoms with Crippen LogP contribution in [0.25, 0.3) is 0 Å². The molecule has 0 aromatic heterocycles. The first-order valence-corrected chi connectivity index (χ1v) is 7.14. The third kappa shape index (κ3) is 2.08. The first kappa shape index (κ1) is 12.2. The minimum atomic E-state index is -0.260. The maximum atomic E-state index is 10.6. The van der Waals surface area contributed by atoms with E-state index in [1.54, 1.807) is 0 Å². The Morgan fingerprint density at radius 2 is 1.89 bits per heavy atom. The Bertz CT molecular complexity index is 421. The van der Waals surface area contributed by atoms with Crippen LogP contribution in [-0.4, -0.2) is 17.8 Å². The molecule has 3 N–H and O–H groups in total. The van der Waals surface area contributed by atoms with Gasteiger partial charge in [0, 0.05) is 12.5 Å². The van der Waals surface area contributed by atoms with E-state index in [9.17, 15) is 5.11 Å². The van der Waals surface area contributed by atoms with Crippen molar-refractivity contribution in [3.05, 3.63) is 35.4 Å². The first-order chi connectivity index (χ1) is 8.70. The van der Waals surface area contributed by atoms with E-state index < -0.39 is 0 Å².